The molecule has 2 aromatic carbocycles. The van der Waals surface area contributed by atoms with E-state index in [1.807, 2.05) is 19.9 Å². The number of nitrogens with zero attached hydrogens (tertiary/aromatic N) is 3. The monoisotopic (exact) mass is 377 g/mol. The molecule has 6 heteroatoms. The van der Waals surface area contributed by atoms with Gasteiger partial charge >= 0.3 is 0 Å². The van der Waals surface area contributed by atoms with Gasteiger partial charge < -0.3 is 4.74 Å². The van der Waals surface area contributed by atoms with Crippen LogP contribution in [0.25, 0.3) is 5.69 Å². The Morgan fingerprint density at radius 3 is 2.26 bits per heavy atom. The van der Waals surface area contributed by atoms with Gasteiger partial charge in [0.2, 0.25) is 0 Å². The smallest absolute Gasteiger partial charge is 0.289 e. The number of nitriles is 1. The molecular weight excluding hydrogens is 358 g/mol. The second-order valence-corrected chi connectivity index (χ2v) is 7.32. The second-order valence-electron chi connectivity index (χ2n) is 6.26. The highest BCUT2D eigenvalue weighted by molar-refractivity contribution is 7.99. The maximum atomic E-state index is 12.7. The molecule has 0 radical (unpaired) electrons. The Morgan fingerprint density at radius 2 is 1.70 bits per heavy atom. The molecule has 5 nitrogen and oxygen atoms in total. The largest absolute Gasteiger partial charge is 0.497 e. The molecule has 3 rings (SSSR count). The summed E-state index contributed by atoms with van der Waals surface area (Å²) in [6.45, 7) is 5.84. The van der Waals surface area contributed by atoms with E-state index in [9.17, 15) is 10.1 Å². The Morgan fingerprint density at radius 1 is 1.07 bits per heavy atom. The number of aryl methyl sites for hydroxylation is 2. The van der Waals surface area contributed by atoms with E-state index >= 15 is 0 Å². The maximum absolute atomic E-state index is 12.7. The third kappa shape index (κ3) is 3.88. The summed E-state index contributed by atoms with van der Waals surface area (Å²) >= 11 is 1.45. The average molecular weight is 377 g/mol. The third-order valence-electron chi connectivity index (χ3n) is 4.13. The Kier molecular flexibility index (Phi) is 5.33. The molecule has 0 amide bonds. The molecule has 0 aliphatic heterocycles. The van der Waals surface area contributed by atoms with Gasteiger partial charge in [0, 0.05) is 10.5 Å². The van der Waals surface area contributed by atoms with Crippen molar-refractivity contribution in [1.29, 1.82) is 5.26 Å². The third-order valence-corrected chi connectivity index (χ3v) is 5.18. The van der Waals surface area contributed by atoms with Crippen LogP contribution in [0.2, 0.25) is 0 Å². The quantitative estimate of drug-likeness (QED) is 0.682. The average Bonchev–Trinajstić information content (AvgIpc) is 2.64. The van der Waals surface area contributed by atoms with Gasteiger partial charge in [-0.05, 0) is 68.3 Å². The lowest BCUT2D eigenvalue weighted by atomic mass is 10.2. The van der Waals surface area contributed by atoms with E-state index in [0.29, 0.717) is 22.0 Å². The first-order valence-electron chi connectivity index (χ1n) is 8.37. The number of hydrogen-bond acceptors (Lipinski definition) is 5. The molecule has 0 fully saturated rings. The summed E-state index contributed by atoms with van der Waals surface area (Å²) < 4.78 is 6.43. The van der Waals surface area contributed by atoms with Gasteiger partial charge in [-0.1, -0.05) is 17.8 Å². The summed E-state index contributed by atoms with van der Waals surface area (Å²) in [6, 6.07) is 15.3. The summed E-state index contributed by atoms with van der Waals surface area (Å²) in [5.74, 6) is 0.684. The summed E-state index contributed by atoms with van der Waals surface area (Å²) in [7, 11) is 1.58. The molecule has 0 aliphatic rings. The highest BCUT2D eigenvalue weighted by Crippen LogP contribution is 2.30. The molecule has 0 aliphatic carbocycles. The van der Waals surface area contributed by atoms with Crippen LogP contribution in [0.15, 0.2) is 57.2 Å². The molecule has 1 aromatic heterocycles. The highest BCUT2D eigenvalue weighted by Gasteiger charge is 2.16. The van der Waals surface area contributed by atoms with Crippen LogP contribution in [0.3, 0.4) is 0 Å². The first-order chi connectivity index (χ1) is 12.9. The normalized spacial score (nSPS) is 10.5. The number of benzene rings is 2. The summed E-state index contributed by atoms with van der Waals surface area (Å²) in [6.07, 6.45) is 0. The van der Waals surface area contributed by atoms with Gasteiger partial charge in [-0.15, -0.1) is 0 Å². The van der Waals surface area contributed by atoms with Gasteiger partial charge in [0.15, 0.2) is 0 Å². The van der Waals surface area contributed by atoms with E-state index in [1.54, 1.807) is 38.3 Å². The van der Waals surface area contributed by atoms with Crippen molar-refractivity contribution in [3.8, 4) is 17.5 Å². The van der Waals surface area contributed by atoms with Crippen molar-refractivity contribution in [2.24, 2.45) is 0 Å². The minimum atomic E-state index is -0.426. The summed E-state index contributed by atoms with van der Waals surface area (Å²) in [5, 5.41) is 14.7. The lowest BCUT2D eigenvalue weighted by molar-refractivity contribution is 0.414. The van der Waals surface area contributed by atoms with E-state index in [0.717, 1.165) is 16.0 Å². The number of rotatable bonds is 4. The van der Waals surface area contributed by atoms with Gasteiger partial charge in [-0.2, -0.15) is 15.0 Å². The number of hydrogen-bond donors (Lipinski definition) is 0. The fraction of sp³-hybridized carbons (Fsp3) is 0.190. The highest BCUT2D eigenvalue weighted by atomic mass is 32.2. The Balaban J connectivity index is 2.14. The van der Waals surface area contributed by atoms with Crippen molar-refractivity contribution in [2.75, 3.05) is 7.11 Å². The van der Waals surface area contributed by atoms with E-state index in [-0.39, 0.29) is 5.56 Å². The Bertz CT molecular complexity index is 1080. The van der Waals surface area contributed by atoms with Gasteiger partial charge in [0.1, 0.15) is 22.4 Å². The number of aromatic nitrogens is 2. The zero-order chi connectivity index (χ0) is 19.6. The zero-order valence-electron chi connectivity index (χ0n) is 15.6. The summed E-state index contributed by atoms with van der Waals surface area (Å²) in [5.41, 5.74) is 3.16. The van der Waals surface area contributed by atoms with Crippen LogP contribution in [-0.4, -0.2) is 16.9 Å². The lowest BCUT2D eigenvalue weighted by Gasteiger charge is -2.12. The standard InChI is InChI=1S/C21H19N3O2S/c1-13-9-14(2)11-18(10-13)27-20-15(3)19(12-22)21(25)24(23-20)16-5-7-17(26-4)8-6-16/h5-11H,1-4H3. The molecule has 0 N–H and O–H groups in total. The molecule has 0 saturated heterocycles. The number of ether oxygens (including phenoxy) is 1. The van der Waals surface area contributed by atoms with Crippen molar-refractivity contribution in [1.82, 2.24) is 9.78 Å². The lowest BCUT2D eigenvalue weighted by Crippen LogP contribution is -2.25. The van der Waals surface area contributed by atoms with Gasteiger partial charge in [0.25, 0.3) is 5.56 Å². The topological polar surface area (TPSA) is 67.9 Å². The molecule has 0 unspecified atom stereocenters. The van der Waals surface area contributed by atoms with E-state index in [1.165, 1.54) is 16.4 Å². The first kappa shape index (κ1) is 18.7. The minimum absolute atomic E-state index is 0.104. The van der Waals surface area contributed by atoms with Crippen LogP contribution in [0, 0.1) is 32.1 Å². The van der Waals surface area contributed by atoms with Crippen molar-refractivity contribution in [2.45, 2.75) is 30.7 Å². The van der Waals surface area contributed by atoms with E-state index in [4.69, 9.17) is 4.74 Å². The van der Waals surface area contributed by atoms with Gasteiger partial charge in [0.05, 0.1) is 12.8 Å². The molecule has 0 bridgehead atoms. The van der Waals surface area contributed by atoms with Crippen LogP contribution in [0.4, 0.5) is 0 Å². The Hall–Kier alpha value is -3.04. The fourth-order valence-electron chi connectivity index (χ4n) is 2.81. The maximum Gasteiger partial charge on any atom is 0.289 e. The van der Waals surface area contributed by atoms with E-state index in [2.05, 4.69) is 23.3 Å². The molecule has 0 spiro atoms. The van der Waals surface area contributed by atoms with Crippen molar-refractivity contribution in [3.05, 3.63) is 75.1 Å². The van der Waals surface area contributed by atoms with Crippen LogP contribution in [0.1, 0.15) is 22.3 Å². The molecule has 27 heavy (non-hydrogen) atoms. The van der Waals surface area contributed by atoms with Crippen molar-refractivity contribution < 1.29 is 4.74 Å². The van der Waals surface area contributed by atoms with Gasteiger partial charge in [-0.25, -0.2) is 0 Å². The van der Waals surface area contributed by atoms with Crippen LogP contribution < -0.4 is 10.3 Å². The number of methoxy groups -OCH3 is 1. The Labute approximate surface area is 162 Å². The van der Waals surface area contributed by atoms with E-state index < -0.39 is 5.56 Å². The zero-order valence-corrected chi connectivity index (χ0v) is 16.4. The minimum Gasteiger partial charge on any atom is -0.497 e. The molecule has 0 atom stereocenters. The first-order valence-corrected chi connectivity index (χ1v) is 9.19. The fourth-order valence-corrected chi connectivity index (χ4v) is 3.91. The van der Waals surface area contributed by atoms with Crippen LogP contribution in [0.5, 0.6) is 5.75 Å². The van der Waals surface area contributed by atoms with Crippen molar-refractivity contribution >= 4 is 11.8 Å². The molecule has 1 heterocycles. The second kappa shape index (κ2) is 7.68. The SMILES string of the molecule is COc1ccc(-n2nc(Sc3cc(C)cc(C)c3)c(C)c(C#N)c2=O)cc1. The molecule has 3 aromatic rings. The van der Waals surface area contributed by atoms with Crippen LogP contribution in [-0.2, 0) is 0 Å². The molecule has 0 saturated carbocycles. The molecular formula is C21H19N3O2S. The van der Waals surface area contributed by atoms with Crippen LogP contribution >= 0.6 is 11.8 Å². The predicted molar refractivity (Wildman–Crippen MR) is 106 cm³/mol. The van der Waals surface area contributed by atoms with Gasteiger partial charge in [-0.3, -0.25) is 4.79 Å². The molecule has 136 valence electrons. The summed E-state index contributed by atoms with van der Waals surface area (Å²) in [4.78, 5) is 13.7. The van der Waals surface area contributed by atoms with Crippen molar-refractivity contribution in [3.63, 3.8) is 0 Å². The predicted octanol–water partition coefficient (Wildman–Crippen LogP) is 4.19.